The summed E-state index contributed by atoms with van der Waals surface area (Å²) >= 11 is 0. The molecule has 37 heavy (non-hydrogen) atoms. The maximum atomic E-state index is 14.5. The van der Waals surface area contributed by atoms with E-state index < -0.39 is 24.0 Å². The van der Waals surface area contributed by atoms with Gasteiger partial charge in [0.2, 0.25) is 0 Å². The van der Waals surface area contributed by atoms with Crippen LogP contribution in [0.1, 0.15) is 47.1 Å². The van der Waals surface area contributed by atoms with E-state index in [1.807, 2.05) is 17.9 Å². The van der Waals surface area contributed by atoms with E-state index in [4.69, 9.17) is 0 Å². The number of piperidine rings is 1. The molecule has 0 atom stereocenters. The second-order valence-corrected chi connectivity index (χ2v) is 9.20. The van der Waals surface area contributed by atoms with E-state index in [1.165, 1.54) is 16.8 Å². The Kier molecular flexibility index (Phi) is 6.38. The predicted octanol–water partition coefficient (Wildman–Crippen LogP) is 4.79. The second-order valence-electron chi connectivity index (χ2n) is 9.20. The van der Waals surface area contributed by atoms with Crippen LogP contribution in [0.25, 0.3) is 11.0 Å². The zero-order valence-electron chi connectivity index (χ0n) is 20.3. The second kappa shape index (κ2) is 9.53. The maximum Gasteiger partial charge on any atom is 0.435 e. The molecule has 4 aromatic rings. The van der Waals surface area contributed by atoms with Crippen LogP contribution < -0.4 is 10.5 Å². The molecule has 0 radical (unpaired) electrons. The van der Waals surface area contributed by atoms with Crippen LogP contribution >= 0.6 is 0 Å². The Bertz CT molecular complexity index is 1510. The fourth-order valence-electron chi connectivity index (χ4n) is 5.01. The number of hydrogen-bond acceptors (Lipinski definition) is 6. The summed E-state index contributed by atoms with van der Waals surface area (Å²) in [5.41, 5.74) is 0.176. The number of benzene rings is 1. The molecule has 7 nitrogen and oxygen atoms in total. The largest absolute Gasteiger partial charge is 0.435 e. The monoisotopic (exact) mass is 512 g/mol. The Balaban J connectivity index is 1.53. The van der Waals surface area contributed by atoms with Crippen molar-refractivity contribution < 1.29 is 17.6 Å². The van der Waals surface area contributed by atoms with Gasteiger partial charge in [-0.05, 0) is 50.3 Å². The van der Waals surface area contributed by atoms with E-state index in [0.717, 1.165) is 11.8 Å². The van der Waals surface area contributed by atoms with Crippen molar-refractivity contribution in [3.63, 3.8) is 0 Å². The van der Waals surface area contributed by atoms with E-state index >= 15 is 0 Å². The average molecular weight is 513 g/mol. The molecule has 5 rings (SSSR count). The van der Waals surface area contributed by atoms with Gasteiger partial charge in [-0.1, -0.05) is 12.1 Å². The van der Waals surface area contributed by atoms with Crippen molar-refractivity contribution in [2.45, 2.75) is 45.3 Å². The van der Waals surface area contributed by atoms with Crippen molar-refractivity contribution in [2.24, 2.45) is 0 Å². The molecular weight excluding hydrogens is 488 g/mol. The number of aromatic nitrogens is 5. The summed E-state index contributed by atoms with van der Waals surface area (Å²) in [6.45, 7) is 4.14. The molecule has 11 heteroatoms. The van der Waals surface area contributed by atoms with Gasteiger partial charge < -0.3 is 4.90 Å². The molecule has 3 aromatic heterocycles. The van der Waals surface area contributed by atoms with E-state index in [2.05, 4.69) is 19.9 Å². The Morgan fingerprint density at radius 1 is 1.05 bits per heavy atom. The molecule has 1 aromatic carbocycles. The molecule has 1 fully saturated rings. The van der Waals surface area contributed by atoms with E-state index in [-0.39, 0.29) is 23.1 Å². The van der Waals surface area contributed by atoms with Crippen LogP contribution in [0.2, 0.25) is 0 Å². The highest BCUT2D eigenvalue weighted by atomic mass is 19.4. The summed E-state index contributed by atoms with van der Waals surface area (Å²) in [7, 11) is 0. The molecule has 0 N–H and O–H groups in total. The normalized spacial score (nSPS) is 14.9. The number of pyridine rings is 1. The van der Waals surface area contributed by atoms with Crippen molar-refractivity contribution in [3.8, 4) is 0 Å². The lowest BCUT2D eigenvalue weighted by Gasteiger charge is -2.34. The molecule has 1 saturated heterocycles. The number of para-hydroxylation sites is 1. The molecule has 1 aliphatic heterocycles. The third-order valence-electron chi connectivity index (χ3n) is 6.77. The fraction of sp³-hybridized carbons (Fsp3) is 0.346. The van der Waals surface area contributed by atoms with Crippen molar-refractivity contribution in [1.29, 1.82) is 0 Å². The third-order valence-corrected chi connectivity index (χ3v) is 6.77. The summed E-state index contributed by atoms with van der Waals surface area (Å²) in [4.78, 5) is 31.6. The Morgan fingerprint density at radius 2 is 1.78 bits per heavy atom. The van der Waals surface area contributed by atoms with Gasteiger partial charge in [0.1, 0.15) is 17.3 Å². The number of nitrogens with zero attached hydrogens (tertiary/aromatic N) is 6. The minimum atomic E-state index is -4.72. The van der Waals surface area contributed by atoms with Gasteiger partial charge in [-0.3, -0.25) is 14.3 Å². The summed E-state index contributed by atoms with van der Waals surface area (Å²) < 4.78 is 56.5. The number of aryl methyl sites for hydroxylation is 2. The molecule has 0 amide bonds. The first kappa shape index (κ1) is 24.8. The molecule has 0 aliphatic carbocycles. The average Bonchev–Trinajstić information content (AvgIpc) is 2.86. The highest BCUT2D eigenvalue weighted by Crippen LogP contribution is 2.33. The summed E-state index contributed by atoms with van der Waals surface area (Å²) in [6.07, 6.45) is 0.156. The Hall–Kier alpha value is -3.89. The molecule has 0 unspecified atom stereocenters. The number of fused-ring (bicyclic) bond motifs is 1. The first-order valence-electron chi connectivity index (χ1n) is 11.9. The molecule has 0 saturated carbocycles. The minimum absolute atomic E-state index is 0.156. The molecule has 4 heterocycles. The maximum absolute atomic E-state index is 14.5. The summed E-state index contributed by atoms with van der Waals surface area (Å²) in [5.74, 6) is -0.0580. The SMILES string of the molecule is Cc1ncc2cc(C3CCN(c4c(C)cccc4F)CC3)c(=O)n(Cc3nccnc3C(F)(F)F)c2n1. The van der Waals surface area contributed by atoms with Gasteiger partial charge >= 0.3 is 6.18 Å². The molecule has 192 valence electrons. The number of anilines is 1. The van der Waals surface area contributed by atoms with Crippen molar-refractivity contribution in [2.75, 3.05) is 18.0 Å². The van der Waals surface area contributed by atoms with Gasteiger partial charge in [0.25, 0.3) is 5.56 Å². The molecular formula is C26H24F4N6O. The minimum Gasteiger partial charge on any atom is -0.369 e. The van der Waals surface area contributed by atoms with Crippen LogP contribution in [0.5, 0.6) is 0 Å². The number of rotatable bonds is 4. The highest BCUT2D eigenvalue weighted by Gasteiger charge is 2.36. The topological polar surface area (TPSA) is 76.8 Å². The van der Waals surface area contributed by atoms with Crippen LogP contribution in [0, 0.1) is 19.7 Å². The van der Waals surface area contributed by atoms with E-state index in [1.54, 1.807) is 25.3 Å². The van der Waals surface area contributed by atoms with Crippen LogP contribution in [0.15, 0.2) is 47.7 Å². The van der Waals surface area contributed by atoms with E-state index in [0.29, 0.717) is 48.4 Å². The fourth-order valence-corrected chi connectivity index (χ4v) is 5.01. The Morgan fingerprint density at radius 3 is 2.49 bits per heavy atom. The summed E-state index contributed by atoms with van der Waals surface area (Å²) in [6, 6.07) is 6.68. The number of hydrogen-bond donors (Lipinski definition) is 0. The predicted molar refractivity (Wildman–Crippen MR) is 130 cm³/mol. The van der Waals surface area contributed by atoms with Crippen molar-refractivity contribution in [3.05, 3.63) is 87.4 Å². The van der Waals surface area contributed by atoms with Crippen molar-refractivity contribution in [1.82, 2.24) is 24.5 Å². The molecule has 0 bridgehead atoms. The van der Waals surface area contributed by atoms with Crippen LogP contribution in [-0.2, 0) is 12.7 Å². The zero-order valence-corrected chi connectivity index (χ0v) is 20.3. The van der Waals surface area contributed by atoms with Crippen molar-refractivity contribution >= 4 is 16.7 Å². The van der Waals surface area contributed by atoms with Gasteiger partial charge in [-0.25, -0.2) is 19.3 Å². The number of halogens is 4. The lowest BCUT2D eigenvalue weighted by Crippen LogP contribution is -2.36. The zero-order chi connectivity index (χ0) is 26.3. The highest BCUT2D eigenvalue weighted by molar-refractivity contribution is 5.75. The van der Waals surface area contributed by atoms with Gasteiger partial charge in [0.05, 0.1) is 17.9 Å². The molecule has 0 spiro atoms. The van der Waals surface area contributed by atoms with E-state index in [9.17, 15) is 22.4 Å². The standard InChI is InChI=1S/C26H24F4N6O/c1-15-4-3-5-20(27)22(15)35-10-6-17(7-11-35)19-12-18-13-33-16(2)34-24(18)36(25(19)37)14-21-23(26(28,29)30)32-9-8-31-21/h3-5,8-9,12-13,17H,6-7,10-11,14H2,1-2H3. The van der Waals surface area contributed by atoms with Gasteiger partial charge in [0, 0.05) is 42.6 Å². The first-order valence-corrected chi connectivity index (χ1v) is 11.9. The van der Waals surface area contributed by atoms with Crippen LogP contribution in [0.3, 0.4) is 0 Å². The van der Waals surface area contributed by atoms with Gasteiger partial charge in [0.15, 0.2) is 5.69 Å². The Labute approximate surface area is 209 Å². The first-order chi connectivity index (χ1) is 17.6. The third kappa shape index (κ3) is 4.77. The smallest absolute Gasteiger partial charge is 0.369 e. The van der Waals surface area contributed by atoms with Gasteiger partial charge in [-0.15, -0.1) is 0 Å². The number of alkyl halides is 3. The molecule has 1 aliphatic rings. The lowest BCUT2D eigenvalue weighted by atomic mass is 9.89. The van der Waals surface area contributed by atoms with Crippen LogP contribution in [0.4, 0.5) is 23.2 Å². The lowest BCUT2D eigenvalue weighted by molar-refractivity contribution is -0.142. The van der Waals surface area contributed by atoms with Gasteiger partial charge in [-0.2, -0.15) is 13.2 Å². The van der Waals surface area contributed by atoms with Crippen LogP contribution in [-0.4, -0.2) is 37.6 Å². The summed E-state index contributed by atoms with van der Waals surface area (Å²) in [5, 5.41) is 0.546. The quantitative estimate of drug-likeness (QED) is 0.366.